The fourth-order valence-electron chi connectivity index (χ4n) is 2.46. The summed E-state index contributed by atoms with van der Waals surface area (Å²) in [6.45, 7) is 1.94. The van der Waals surface area contributed by atoms with Gasteiger partial charge >= 0.3 is 0 Å². The lowest BCUT2D eigenvalue weighted by Crippen LogP contribution is -2.24. The van der Waals surface area contributed by atoms with Crippen molar-refractivity contribution in [3.8, 4) is 12.0 Å². The quantitative estimate of drug-likeness (QED) is 0.785. The molecule has 0 unspecified atom stereocenters. The van der Waals surface area contributed by atoms with Crippen molar-refractivity contribution < 1.29 is 9.21 Å². The lowest BCUT2D eigenvalue weighted by atomic mass is 10.1. The Morgan fingerprint density at radius 1 is 1.29 bits per heavy atom. The third kappa shape index (κ3) is 2.92. The molecule has 0 aliphatic carbocycles. The Bertz CT molecular complexity index is 920. The fraction of sp³-hybridized carbons (Fsp3) is 0.111. The smallest absolute Gasteiger partial charge is 0.256 e. The molecule has 0 fully saturated rings. The van der Waals surface area contributed by atoms with E-state index in [1.165, 1.54) is 0 Å². The number of halogens is 1. The van der Waals surface area contributed by atoms with Crippen LogP contribution in [0.3, 0.4) is 0 Å². The average Bonchev–Trinajstić information content (AvgIpc) is 3.20. The molecule has 6 heteroatoms. The molecule has 1 aromatic carbocycles. The number of aryl methyl sites for hydroxylation is 1. The summed E-state index contributed by atoms with van der Waals surface area (Å²) in [5, 5.41) is 12.8. The molecular weight excluding hydrogens is 326 g/mol. The van der Waals surface area contributed by atoms with Crippen LogP contribution in [0, 0.1) is 18.3 Å². The van der Waals surface area contributed by atoms with Gasteiger partial charge in [-0.05, 0) is 30.7 Å². The minimum atomic E-state index is -0.369. The first-order valence-corrected chi connectivity index (χ1v) is 7.68. The SMILES string of the molecule is Cc1oc(-n2cccc2)c(C#N)c1C(=O)NCc1ccccc1Cl. The first-order valence-electron chi connectivity index (χ1n) is 7.30. The van der Waals surface area contributed by atoms with Gasteiger partial charge in [0.15, 0.2) is 0 Å². The van der Waals surface area contributed by atoms with Crippen LogP contribution in [0.1, 0.15) is 27.2 Å². The van der Waals surface area contributed by atoms with Crippen molar-refractivity contribution >= 4 is 17.5 Å². The number of nitriles is 1. The molecule has 0 aliphatic heterocycles. The maximum absolute atomic E-state index is 12.5. The molecule has 2 heterocycles. The lowest BCUT2D eigenvalue weighted by molar-refractivity contribution is 0.0949. The molecule has 0 atom stereocenters. The van der Waals surface area contributed by atoms with E-state index in [2.05, 4.69) is 11.4 Å². The normalized spacial score (nSPS) is 10.4. The second-order valence-electron chi connectivity index (χ2n) is 5.19. The van der Waals surface area contributed by atoms with Gasteiger partial charge in [0.25, 0.3) is 5.91 Å². The van der Waals surface area contributed by atoms with Crippen LogP contribution in [0.25, 0.3) is 5.88 Å². The van der Waals surface area contributed by atoms with Crippen LogP contribution in [-0.4, -0.2) is 10.5 Å². The molecule has 5 nitrogen and oxygen atoms in total. The minimum Gasteiger partial charge on any atom is -0.443 e. The van der Waals surface area contributed by atoms with Crippen molar-refractivity contribution in [2.45, 2.75) is 13.5 Å². The zero-order valence-electron chi connectivity index (χ0n) is 12.9. The molecule has 3 aromatic rings. The molecule has 24 heavy (non-hydrogen) atoms. The number of amides is 1. The maximum Gasteiger partial charge on any atom is 0.256 e. The maximum atomic E-state index is 12.5. The van der Waals surface area contributed by atoms with Crippen molar-refractivity contribution in [3.05, 3.63) is 76.3 Å². The molecule has 0 bridgehead atoms. The van der Waals surface area contributed by atoms with Gasteiger partial charge in [-0.15, -0.1) is 0 Å². The number of aromatic nitrogens is 1. The van der Waals surface area contributed by atoms with Crippen LogP contribution in [0.4, 0.5) is 0 Å². The van der Waals surface area contributed by atoms with Crippen molar-refractivity contribution in [1.29, 1.82) is 5.26 Å². The van der Waals surface area contributed by atoms with E-state index >= 15 is 0 Å². The van der Waals surface area contributed by atoms with Crippen LogP contribution in [0.2, 0.25) is 5.02 Å². The number of carbonyl (C=O) groups is 1. The molecule has 0 spiro atoms. The summed E-state index contributed by atoms with van der Waals surface area (Å²) in [4.78, 5) is 12.5. The Balaban J connectivity index is 1.88. The zero-order valence-corrected chi connectivity index (χ0v) is 13.7. The number of hydrogen-bond donors (Lipinski definition) is 1. The Labute approximate surface area is 144 Å². The molecule has 1 amide bonds. The van der Waals surface area contributed by atoms with E-state index in [0.717, 1.165) is 5.56 Å². The summed E-state index contributed by atoms with van der Waals surface area (Å²) in [6.07, 6.45) is 3.51. The summed E-state index contributed by atoms with van der Waals surface area (Å²) in [5.74, 6) is 0.362. The average molecular weight is 340 g/mol. The van der Waals surface area contributed by atoms with Gasteiger partial charge in [-0.1, -0.05) is 29.8 Å². The Kier molecular flexibility index (Phi) is 4.41. The molecule has 120 valence electrons. The van der Waals surface area contributed by atoms with Crippen molar-refractivity contribution in [2.24, 2.45) is 0 Å². The fourth-order valence-corrected chi connectivity index (χ4v) is 2.67. The highest BCUT2D eigenvalue weighted by atomic mass is 35.5. The van der Waals surface area contributed by atoms with Crippen molar-refractivity contribution in [1.82, 2.24) is 9.88 Å². The largest absolute Gasteiger partial charge is 0.443 e. The van der Waals surface area contributed by atoms with Gasteiger partial charge in [0, 0.05) is 24.0 Å². The topological polar surface area (TPSA) is 71.0 Å². The van der Waals surface area contributed by atoms with E-state index in [9.17, 15) is 10.1 Å². The van der Waals surface area contributed by atoms with Gasteiger partial charge in [0.2, 0.25) is 5.88 Å². The van der Waals surface area contributed by atoms with Gasteiger partial charge in [0.1, 0.15) is 23.0 Å². The Morgan fingerprint density at radius 3 is 2.67 bits per heavy atom. The molecule has 3 rings (SSSR count). The van der Waals surface area contributed by atoms with Crippen LogP contribution >= 0.6 is 11.6 Å². The molecule has 0 saturated heterocycles. The first-order chi connectivity index (χ1) is 11.6. The third-order valence-corrected chi connectivity index (χ3v) is 4.01. The molecule has 0 radical (unpaired) electrons. The standard InChI is InChI=1S/C18H14ClN3O2/c1-12-16(14(10-20)18(24-12)22-8-4-5-9-22)17(23)21-11-13-6-2-3-7-15(13)19/h2-9H,11H2,1H3,(H,21,23). The molecule has 1 N–H and O–H groups in total. The number of rotatable bonds is 4. The number of carbonyl (C=O) groups excluding carboxylic acids is 1. The van der Waals surface area contributed by atoms with Crippen LogP contribution in [0.15, 0.2) is 53.2 Å². The van der Waals surface area contributed by atoms with Crippen LogP contribution < -0.4 is 5.32 Å². The van der Waals surface area contributed by atoms with E-state index < -0.39 is 0 Å². The first kappa shape index (κ1) is 15.9. The summed E-state index contributed by atoms with van der Waals surface area (Å²) < 4.78 is 7.29. The predicted octanol–water partition coefficient (Wildman–Crippen LogP) is 3.83. The second-order valence-corrected chi connectivity index (χ2v) is 5.60. The summed E-state index contributed by atoms with van der Waals surface area (Å²) >= 11 is 6.09. The van der Waals surface area contributed by atoms with E-state index in [1.807, 2.05) is 30.3 Å². The zero-order chi connectivity index (χ0) is 17.1. The minimum absolute atomic E-state index is 0.209. The monoisotopic (exact) mass is 339 g/mol. The highest BCUT2D eigenvalue weighted by molar-refractivity contribution is 6.31. The summed E-state index contributed by atoms with van der Waals surface area (Å²) in [5.41, 5.74) is 1.26. The number of furan rings is 1. The predicted molar refractivity (Wildman–Crippen MR) is 90.1 cm³/mol. The highest BCUT2D eigenvalue weighted by Crippen LogP contribution is 2.25. The van der Waals surface area contributed by atoms with E-state index in [4.69, 9.17) is 16.0 Å². The second kappa shape index (κ2) is 6.65. The van der Waals surface area contributed by atoms with Crippen LogP contribution in [0.5, 0.6) is 0 Å². The summed E-state index contributed by atoms with van der Waals surface area (Å²) in [6, 6.07) is 13.0. The van der Waals surface area contributed by atoms with E-state index in [0.29, 0.717) is 16.7 Å². The summed E-state index contributed by atoms with van der Waals surface area (Å²) in [7, 11) is 0. The van der Waals surface area contributed by atoms with Crippen LogP contribution in [-0.2, 0) is 6.54 Å². The molecule has 0 aliphatic rings. The Hall–Kier alpha value is -2.97. The Morgan fingerprint density at radius 2 is 2.00 bits per heavy atom. The van der Waals surface area contributed by atoms with Gasteiger partial charge in [-0.2, -0.15) is 5.26 Å². The van der Waals surface area contributed by atoms with Gasteiger partial charge in [-0.3, -0.25) is 9.36 Å². The number of benzene rings is 1. The molecular formula is C18H14ClN3O2. The van der Waals surface area contributed by atoms with Gasteiger partial charge < -0.3 is 9.73 Å². The highest BCUT2D eigenvalue weighted by Gasteiger charge is 2.24. The molecule has 2 aromatic heterocycles. The number of nitrogens with zero attached hydrogens (tertiary/aromatic N) is 2. The third-order valence-electron chi connectivity index (χ3n) is 3.64. The van der Waals surface area contributed by atoms with E-state index in [-0.39, 0.29) is 23.6 Å². The number of hydrogen-bond acceptors (Lipinski definition) is 3. The number of nitrogens with one attached hydrogen (secondary N) is 1. The lowest BCUT2D eigenvalue weighted by Gasteiger charge is -2.06. The van der Waals surface area contributed by atoms with Gasteiger partial charge in [-0.25, -0.2) is 0 Å². The van der Waals surface area contributed by atoms with Crippen molar-refractivity contribution in [3.63, 3.8) is 0 Å². The van der Waals surface area contributed by atoms with Gasteiger partial charge in [0.05, 0.1) is 0 Å². The molecule has 0 saturated carbocycles. The van der Waals surface area contributed by atoms with E-state index in [1.54, 1.807) is 30.0 Å². The van der Waals surface area contributed by atoms with Crippen molar-refractivity contribution in [2.75, 3.05) is 0 Å².